The maximum atomic E-state index is 13.3. The lowest BCUT2D eigenvalue weighted by Crippen LogP contribution is -2.27. The number of aryl methyl sites for hydroxylation is 1. The molecule has 5 rings (SSSR count). The molecule has 0 bridgehead atoms. The van der Waals surface area contributed by atoms with E-state index in [2.05, 4.69) is 15.4 Å². The summed E-state index contributed by atoms with van der Waals surface area (Å²) in [6.07, 6.45) is 1.64. The second-order valence-electron chi connectivity index (χ2n) is 7.42. The van der Waals surface area contributed by atoms with Crippen LogP contribution in [0.5, 0.6) is 0 Å². The van der Waals surface area contributed by atoms with Crippen LogP contribution in [0.1, 0.15) is 18.0 Å². The van der Waals surface area contributed by atoms with Gasteiger partial charge in [-0.05, 0) is 43.3 Å². The van der Waals surface area contributed by atoms with E-state index in [1.807, 2.05) is 31.2 Å². The average Bonchev–Trinajstić information content (AvgIpc) is 3.35. The lowest BCUT2D eigenvalue weighted by Gasteiger charge is -2.13. The molecule has 1 N–H and O–H groups in total. The van der Waals surface area contributed by atoms with Gasteiger partial charge in [0.25, 0.3) is 5.56 Å². The minimum atomic E-state index is -0.351. The molecule has 156 valence electrons. The van der Waals surface area contributed by atoms with Gasteiger partial charge in [-0.15, -0.1) is 0 Å². The Kier molecular flexibility index (Phi) is 4.82. The van der Waals surface area contributed by atoms with Crippen molar-refractivity contribution in [3.8, 4) is 5.69 Å². The average molecular weight is 435 g/mol. The number of amides is 1. The first-order valence-electron chi connectivity index (χ1n) is 9.75. The van der Waals surface area contributed by atoms with Crippen LogP contribution in [0.3, 0.4) is 0 Å². The number of anilines is 1. The van der Waals surface area contributed by atoms with E-state index in [4.69, 9.17) is 0 Å². The van der Waals surface area contributed by atoms with E-state index in [1.165, 1.54) is 34.8 Å². The summed E-state index contributed by atoms with van der Waals surface area (Å²) >= 11 is 1.44. The van der Waals surface area contributed by atoms with E-state index in [0.717, 1.165) is 11.3 Å². The Bertz CT molecular complexity index is 1350. The van der Waals surface area contributed by atoms with Gasteiger partial charge in [0, 0.05) is 17.9 Å². The van der Waals surface area contributed by atoms with Crippen molar-refractivity contribution in [1.29, 1.82) is 0 Å². The zero-order valence-corrected chi connectivity index (χ0v) is 17.4. The predicted molar refractivity (Wildman–Crippen MR) is 117 cm³/mol. The van der Waals surface area contributed by atoms with Crippen molar-refractivity contribution >= 4 is 34.4 Å². The lowest BCUT2D eigenvalue weighted by atomic mass is 10.2. The fourth-order valence-electron chi connectivity index (χ4n) is 3.62. The maximum absolute atomic E-state index is 13.3. The molecular formula is C22H18FN5O2S. The van der Waals surface area contributed by atoms with Crippen molar-refractivity contribution in [2.75, 3.05) is 11.1 Å². The van der Waals surface area contributed by atoms with Crippen LogP contribution in [-0.4, -0.2) is 31.0 Å². The topological polar surface area (TPSA) is 81.8 Å². The number of hydrogen-bond donors (Lipinski definition) is 1. The quantitative estimate of drug-likeness (QED) is 0.494. The van der Waals surface area contributed by atoms with Crippen molar-refractivity contribution in [3.05, 3.63) is 76.5 Å². The smallest absolute Gasteiger partial charge is 0.265 e. The summed E-state index contributed by atoms with van der Waals surface area (Å²) in [7, 11) is 0. The predicted octanol–water partition coefficient (Wildman–Crippen LogP) is 3.71. The Balaban J connectivity index is 1.44. The molecule has 3 heterocycles. The van der Waals surface area contributed by atoms with Gasteiger partial charge in [0.1, 0.15) is 11.2 Å². The van der Waals surface area contributed by atoms with Crippen molar-refractivity contribution < 1.29 is 9.18 Å². The number of nitrogens with one attached hydrogen (secondary N) is 1. The molecule has 0 radical (unpaired) electrons. The third-order valence-corrected chi connectivity index (χ3v) is 6.30. The fourth-order valence-corrected chi connectivity index (χ4v) is 4.75. The summed E-state index contributed by atoms with van der Waals surface area (Å²) in [5.41, 5.74) is 2.64. The SMILES string of the molecule is Cc1ccc(NC(=O)CC2CSc3nc4c(cnn4-c4ccc(F)cc4)c(=O)n32)cc1. The van der Waals surface area contributed by atoms with Crippen LogP contribution >= 0.6 is 11.8 Å². The molecule has 2 aromatic heterocycles. The lowest BCUT2D eigenvalue weighted by molar-refractivity contribution is -0.116. The highest BCUT2D eigenvalue weighted by Crippen LogP contribution is 2.33. The molecule has 7 nitrogen and oxygen atoms in total. The molecule has 1 amide bonds. The molecule has 4 aromatic rings. The van der Waals surface area contributed by atoms with E-state index in [9.17, 15) is 14.0 Å². The highest BCUT2D eigenvalue weighted by molar-refractivity contribution is 7.99. The number of nitrogens with zero attached hydrogens (tertiary/aromatic N) is 4. The summed E-state index contributed by atoms with van der Waals surface area (Å²) in [5, 5.41) is 8.07. The molecule has 31 heavy (non-hydrogen) atoms. The molecule has 1 unspecified atom stereocenters. The van der Waals surface area contributed by atoms with E-state index >= 15 is 0 Å². The Morgan fingerprint density at radius 2 is 1.94 bits per heavy atom. The van der Waals surface area contributed by atoms with Crippen LogP contribution in [0, 0.1) is 12.7 Å². The van der Waals surface area contributed by atoms with Crippen molar-refractivity contribution in [2.45, 2.75) is 24.5 Å². The number of aromatic nitrogens is 4. The Morgan fingerprint density at radius 3 is 2.68 bits per heavy atom. The van der Waals surface area contributed by atoms with Gasteiger partial charge < -0.3 is 5.32 Å². The minimum absolute atomic E-state index is 0.156. The van der Waals surface area contributed by atoms with Crippen LogP contribution in [0.25, 0.3) is 16.7 Å². The number of rotatable bonds is 4. The summed E-state index contributed by atoms with van der Waals surface area (Å²) in [5.74, 6) is 0.0768. The first-order chi connectivity index (χ1) is 15.0. The third-order valence-electron chi connectivity index (χ3n) is 5.20. The van der Waals surface area contributed by atoms with Gasteiger partial charge in [0.05, 0.1) is 17.9 Å². The number of carbonyl (C=O) groups is 1. The van der Waals surface area contributed by atoms with E-state index < -0.39 is 0 Å². The fraction of sp³-hybridized carbons (Fsp3) is 0.182. The van der Waals surface area contributed by atoms with Crippen molar-refractivity contribution in [1.82, 2.24) is 19.3 Å². The van der Waals surface area contributed by atoms with E-state index in [0.29, 0.717) is 27.6 Å². The zero-order valence-electron chi connectivity index (χ0n) is 16.6. The number of fused-ring (bicyclic) bond motifs is 2. The Hall–Kier alpha value is -3.46. The molecule has 0 aliphatic carbocycles. The van der Waals surface area contributed by atoms with Crippen LogP contribution in [0.15, 0.2) is 64.7 Å². The van der Waals surface area contributed by atoms with Gasteiger partial charge in [0.2, 0.25) is 5.91 Å². The standard InChI is InChI=1S/C22H18FN5O2S/c1-13-2-6-15(7-3-13)25-19(29)10-17-12-31-22-26-20-18(21(30)27(17)22)11-24-28(20)16-8-4-14(23)5-9-16/h2-9,11,17H,10,12H2,1H3,(H,25,29). The van der Waals surface area contributed by atoms with Gasteiger partial charge in [-0.3, -0.25) is 14.2 Å². The van der Waals surface area contributed by atoms with Gasteiger partial charge in [0.15, 0.2) is 10.8 Å². The normalized spacial score (nSPS) is 15.2. The molecular weight excluding hydrogens is 417 g/mol. The Morgan fingerprint density at radius 1 is 1.19 bits per heavy atom. The van der Waals surface area contributed by atoms with Crippen molar-refractivity contribution in [3.63, 3.8) is 0 Å². The van der Waals surface area contributed by atoms with Crippen LogP contribution < -0.4 is 10.9 Å². The Labute approximate surface area is 180 Å². The molecule has 0 fully saturated rings. The van der Waals surface area contributed by atoms with Gasteiger partial charge in [-0.25, -0.2) is 14.1 Å². The molecule has 1 aliphatic heterocycles. The second kappa shape index (κ2) is 7.66. The molecule has 0 spiro atoms. The molecule has 1 aliphatic rings. The van der Waals surface area contributed by atoms with E-state index in [1.54, 1.807) is 16.7 Å². The first-order valence-corrected chi connectivity index (χ1v) is 10.7. The highest BCUT2D eigenvalue weighted by Gasteiger charge is 2.29. The maximum Gasteiger partial charge on any atom is 0.265 e. The van der Waals surface area contributed by atoms with Gasteiger partial charge in [-0.1, -0.05) is 29.5 Å². The minimum Gasteiger partial charge on any atom is -0.326 e. The second-order valence-corrected chi connectivity index (χ2v) is 8.41. The number of benzene rings is 2. The first kappa shape index (κ1) is 19.5. The molecule has 0 saturated carbocycles. The number of carbonyl (C=O) groups excluding carboxylic acids is 1. The molecule has 0 saturated heterocycles. The largest absolute Gasteiger partial charge is 0.326 e. The van der Waals surface area contributed by atoms with E-state index in [-0.39, 0.29) is 29.7 Å². The van der Waals surface area contributed by atoms with Crippen LogP contribution in [0.2, 0.25) is 0 Å². The summed E-state index contributed by atoms with van der Waals surface area (Å²) in [6, 6.07) is 13.1. The number of thioether (sulfide) groups is 1. The summed E-state index contributed by atoms with van der Waals surface area (Å²) in [6.45, 7) is 1.98. The van der Waals surface area contributed by atoms with Gasteiger partial charge >= 0.3 is 0 Å². The van der Waals surface area contributed by atoms with Gasteiger partial charge in [-0.2, -0.15) is 5.10 Å². The van der Waals surface area contributed by atoms with Crippen molar-refractivity contribution in [2.24, 2.45) is 0 Å². The number of hydrogen-bond acceptors (Lipinski definition) is 5. The summed E-state index contributed by atoms with van der Waals surface area (Å²) < 4.78 is 16.4. The monoisotopic (exact) mass is 435 g/mol. The zero-order chi connectivity index (χ0) is 21.5. The highest BCUT2D eigenvalue weighted by atomic mass is 32.2. The summed E-state index contributed by atoms with van der Waals surface area (Å²) in [4.78, 5) is 30.4. The number of halogens is 1. The molecule has 2 aromatic carbocycles. The molecule has 1 atom stereocenters. The van der Waals surface area contributed by atoms with Crippen LogP contribution in [0.4, 0.5) is 10.1 Å². The third kappa shape index (κ3) is 3.61. The van der Waals surface area contributed by atoms with Crippen LogP contribution in [-0.2, 0) is 4.79 Å². The molecule has 9 heteroatoms.